The number of H-pyrrole nitrogens is 1. The van der Waals surface area contributed by atoms with Gasteiger partial charge < -0.3 is 14.0 Å². The molecular weight excluding hydrogens is 424 g/mol. The third kappa shape index (κ3) is 3.60. The number of aromatic nitrogens is 6. The molecule has 0 atom stereocenters. The Labute approximate surface area is 187 Å². The van der Waals surface area contributed by atoms with Gasteiger partial charge in [-0.3, -0.25) is 14.3 Å². The van der Waals surface area contributed by atoms with Crippen LogP contribution < -0.4 is 16.0 Å². The zero-order valence-electron chi connectivity index (χ0n) is 18.2. The Balaban J connectivity index is 1.58. The summed E-state index contributed by atoms with van der Waals surface area (Å²) in [7, 11) is 3.19. The van der Waals surface area contributed by atoms with E-state index < -0.39 is 11.2 Å². The van der Waals surface area contributed by atoms with E-state index in [1.807, 2.05) is 54.6 Å². The molecule has 0 aliphatic heterocycles. The number of para-hydroxylation sites is 1. The molecule has 0 aliphatic carbocycles. The van der Waals surface area contributed by atoms with Crippen molar-refractivity contribution in [2.75, 3.05) is 13.7 Å². The Morgan fingerprint density at radius 1 is 1.00 bits per heavy atom. The number of hydrogen-bond acceptors (Lipinski definition) is 6. The summed E-state index contributed by atoms with van der Waals surface area (Å²) >= 11 is 0. The van der Waals surface area contributed by atoms with E-state index in [1.54, 1.807) is 23.1 Å². The van der Waals surface area contributed by atoms with E-state index in [2.05, 4.69) is 15.2 Å². The minimum Gasteiger partial charge on any atom is -0.489 e. The Kier molecular flexibility index (Phi) is 5.27. The lowest BCUT2D eigenvalue weighted by atomic mass is 10.1. The maximum Gasteiger partial charge on any atom is 0.329 e. The van der Waals surface area contributed by atoms with Gasteiger partial charge in [0, 0.05) is 26.3 Å². The van der Waals surface area contributed by atoms with Crippen molar-refractivity contribution in [2.24, 2.45) is 7.05 Å². The first kappa shape index (κ1) is 20.7. The fourth-order valence-electron chi connectivity index (χ4n) is 3.86. The molecule has 10 heteroatoms. The van der Waals surface area contributed by atoms with Crippen LogP contribution in [0.2, 0.25) is 0 Å². The van der Waals surface area contributed by atoms with E-state index in [0.717, 1.165) is 16.9 Å². The van der Waals surface area contributed by atoms with Crippen LogP contribution in [0.3, 0.4) is 0 Å². The highest BCUT2D eigenvalue weighted by Crippen LogP contribution is 2.25. The lowest BCUT2D eigenvalue weighted by Crippen LogP contribution is -2.29. The van der Waals surface area contributed by atoms with Crippen molar-refractivity contribution in [3.63, 3.8) is 0 Å². The summed E-state index contributed by atoms with van der Waals surface area (Å²) in [6.45, 7) is 1.19. The standard InChI is InChI=1S/C23H22N6O4/c1-27-21-18(20(30)24-23(27)31)28(12-13-32-2)22-26-25-19(29(21)22)16-10-8-15(9-11-16)14-33-17-6-4-3-5-7-17/h3-11H,12-14H2,1-2H3,(H,24,30,31). The normalized spacial score (nSPS) is 11.5. The molecule has 10 nitrogen and oxygen atoms in total. The molecule has 33 heavy (non-hydrogen) atoms. The number of aryl methyl sites for hydroxylation is 1. The Bertz CT molecular complexity index is 1540. The highest BCUT2D eigenvalue weighted by atomic mass is 16.5. The third-order valence-electron chi connectivity index (χ3n) is 5.52. The van der Waals surface area contributed by atoms with Crippen LogP contribution in [-0.2, 0) is 24.9 Å². The van der Waals surface area contributed by atoms with Gasteiger partial charge in [-0.2, -0.15) is 0 Å². The average molecular weight is 446 g/mol. The van der Waals surface area contributed by atoms with Crippen LogP contribution in [0.5, 0.6) is 5.75 Å². The number of benzene rings is 2. The number of rotatable bonds is 7. The van der Waals surface area contributed by atoms with Gasteiger partial charge in [0.2, 0.25) is 5.78 Å². The number of imidazole rings is 1. The summed E-state index contributed by atoms with van der Waals surface area (Å²) in [6.07, 6.45) is 0. The van der Waals surface area contributed by atoms with Gasteiger partial charge in [-0.15, -0.1) is 10.2 Å². The zero-order valence-corrected chi connectivity index (χ0v) is 18.2. The summed E-state index contributed by atoms with van der Waals surface area (Å²) in [5.41, 5.74) is 1.57. The maximum atomic E-state index is 12.7. The van der Waals surface area contributed by atoms with E-state index in [0.29, 0.717) is 42.5 Å². The van der Waals surface area contributed by atoms with E-state index >= 15 is 0 Å². The highest BCUT2D eigenvalue weighted by molar-refractivity contribution is 5.79. The largest absolute Gasteiger partial charge is 0.489 e. The number of methoxy groups -OCH3 is 1. The zero-order chi connectivity index (χ0) is 22.9. The van der Waals surface area contributed by atoms with Crippen molar-refractivity contribution in [3.8, 4) is 17.1 Å². The molecule has 0 amide bonds. The van der Waals surface area contributed by atoms with Crippen molar-refractivity contribution >= 4 is 16.9 Å². The monoisotopic (exact) mass is 446 g/mol. The molecular formula is C23H22N6O4. The molecule has 1 N–H and O–H groups in total. The van der Waals surface area contributed by atoms with Crippen LogP contribution in [0.15, 0.2) is 64.2 Å². The number of ether oxygens (including phenoxy) is 2. The van der Waals surface area contributed by atoms with Gasteiger partial charge in [0.25, 0.3) is 5.56 Å². The molecule has 0 saturated carbocycles. The topological polar surface area (TPSA) is 108 Å². The first-order valence-corrected chi connectivity index (χ1v) is 10.4. The second kappa shape index (κ2) is 8.40. The first-order chi connectivity index (χ1) is 16.1. The minimum absolute atomic E-state index is 0.341. The van der Waals surface area contributed by atoms with Crippen LogP contribution in [0.4, 0.5) is 0 Å². The molecule has 3 heterocycles. The first-order valence-electron chi connectivity index (χ1n) is 10.4. The molecule has 3 aromatic heterocycles. The predicted molar refractivity (Wildman–Crippen MR) is 122 cm³/mol. The third-order valence-corrected chi connectivity index (χ3v) is 5.52. The van der Waals surface area contributed by atoms with Crippen LogP contribution in [0.1, 0.15) is 5.56 Å². The van der Waals surface area contributed by atoms with Crippen molar-refractivity contribution < 1.29 is 9.47 Å². The molecule has 0 radical (unpaired) electrons. The lowest BCUT2D eigenvalue weighted by Gasteiger charge is -2.07. The van der Waals surface area contributed by atoms with Gasteiger partial charge in [0.1, 0.15) is 12.4 Å². The molecule has 168 valence electrons. The number of hydrogen-bond donors (Lipinski definition) is 1. The summed E-state index contributed by atoms with van der Waals surface area (Å²) in [4.78, 5) is 27.4. The van der Waals surface area contributed by atoms with Crippen LogP contribution in [0.25, 0.3) is 28.3 Å². The number of aromatic amines is 1. The van der Waals surface area contributed by atoms with Gasteiger partial charge in [-0.05, 0) is 17.7 Å². The maximum absolute atomic E-state index is 12.7. The average Bonchev–Trinajstić information content (AvgIpc) is 3.40. The molecule has 5 rings (SSSR count). The van der Waals surface area contributed by atoms with Crippen molar-refractivity contribution in [3.05, 3.63) is 81.0 Å². The van der Waals surface area contributed by atoms with Gasteiger partial charge in [-0.1, -0.05) is 42.5 Å². The Morgan fingerprint density at radius 3 is 2.48 bits per heavy atom. The highest BCUT2D eigenvalue weighted by Gasteiger charge is 2.22. The molecule has 5 aromatic rings. The smallest absolute Gasteiger partial charge is 0.329 e. The van der Waals surface area contributed by atoms with Gasteiger partial charge >= 0.3 is 5.69 Å². The van der Waals surface area contributed by atoms with Gasteiger partial charge in [-0.25, -0.2) is 9.20 Å². The molecule has 0 spiro atoms. The molecule has 0 bridgehead atoms. The second-order valence-electron chi connectivity index (χ2n) is 7.59. The lowest BCUT2D eigenvalue weighted by molar-refractivity contribution is 0.189. The quantitative estimate of drug-likeness (QED) is 0.409. The molecule has 0 aliphatic rings. The van der Waals surface area contributed by atoms with Crippen LogP contribution in [0, 0.1) is 0 Å². The van der Waals surface area contributed by atoms with Crippen molar-refractivity contribution in [2.45, 2.75) is 13.2 Å². The summed E-state index contributed by atoms with van der Waals surface area (Å²) in [5.74, 6) is 1.79. The molecule has 2 aromatic carbocycles. The predicted octanol–water partition coefficient (Wildman–Crippen LogP) is 1.96. The van der Waals surface area contributed by atoms with Gasteiger partial charge in [0.15, 0.2) is 17.0 Å². The summed E-state index contributed by atoms with van der Waals surface area (Å²) < 4.78 is 15.8. The fraction of sp³-hybridized carbons (Fsp3) is 0.217. The van der Waals surface area contributed by atoms with Crippen LogP contribution in [-0.4, -0.2) is 42.4 Å². The number of nitrogens with one attached hydrogen (secondary N) is 1. The Morgan fingerprint density at radius 2 is 1.76 bits per heavy atom. The van der Waals surface area contributed by atoms with E-state index in [-0.39, 0.29) is 0 Å². The SMILES string of the molecule is COCCn1c2c(=O)[nH]c(=O)n(C)c2n2c(-c3ccc(COc4ccccc4)cc3)nnc12. The number of fused-ring (bicyclic) bond motifs is 3. The summed E-state index contributed by atoms with van der Waals surface area (Å²) in [5, 5.41) is 8.68. The molecule has 0 fully saturated rings. The fourth-order valence-corrected chi connectivity index (χ4v) is 3.86. The molecule has 0 unspecified atom stereocenters. The summed E-state index contributed by atoms with van der Waals surface area (Å²) in [6, 6.07) is 17.4. The van der Waals surface area contributed by atoms with Crippen molar-refractivity contribution in [1.29, 1.82) is 0 Å². The van der Waals surface area contributed by atoms with E-state index in [4.69, 9.17) is 9.47 Å². The number of nitrogens with zero attached hydrogens (tertiary/aromatic N) is 5. The minimum atomic E-state index is -0.508. The molecule has 0 saturated heterocycles. The van der Waals surface area contributed by atoms with E-state index in [1.165, 1.54) is 4.57 Å². The second-order valence-corrected chi connectivity index (χ2v) is 7.59. The van der Waals surface area contributed by atoms with E-state index in [9.17, 15) is 9.59 Å². The van der Waals surface area contributed by atoms with Crippen molar-refractivity contribution in [1.82, 2.24) is 28.7 Å². The van der Waals surface area contributed by atoms with Crippen LogP contribution >= 0.6 is 0 Å². The Hall–Kier alpha value is -4.18. The van der Waals surface area contributed by atoms with Gasteiger partial charge in [0.05, 0.1) is 6.61 Å².